The number of rotatable bonds is 5. The summed E-state index contributed by atoms with van der Waals surface area (Å²) in [6, 6.07) is 1.91. The SMILES string of the molecule is Cc1cc(F)c(N=C2SCC(=O)N2CC(C)F)cc1S(=O)CC(F)(F)F. The van der Waals surface area contributed by atoms with Crippen LogP contribution >= 0.6 is 11.8 Å². The highest BCUT2D eigenvalue weighted by Gasteiger charge is 2.32. The van der Waals surface area contributed by atoms with Crippen molar-refractivity contribution in [1.29, 1.82) is 0 Å². The predicted molar refractivity (Wildman–Crippen MR) is 90.3 cm³/mol. The van der Waals surface area contributed by atoms with Crippen LogP contribution in [0.1, 0.15) is 12.5 Å². The Hall–Kier alpha value is -1.49. The van der Waals surface area contributed by atoms with Gasteiger partial charge in [0, 0.05) is 4.90 Å². The second-order valence-electron chi connectivity index (χ2n) is 5.64. The molecule has 0 spiro atoms. The first-order chi connectivity index (χ1) is 12.0. The number of hydrogen-bond donors (Lipinski definition) is 0. The molecule has 2 atom stereocenters. The first kappa shape index (κ1) is 20.8. The molecule has 0 aliphatic carbocycles. The van der Waals surface area contributed by atoms with Crippen LogP contribution in [0, 0.1) is 12.7 Å². The third kappa shape index (κ3) is 5.26. The molecule has 1 aromatic carbocycles. The molecule has 1 heterocycles. The Labute approximate surface area is 153 Å². The van der Waals surface area contributed by atoms with Gasteiger partial charge in [-0.05, 0) is 31.5 Å². The Bertz CT molecular complexity index is 765. The highest BCUT2D eigenvalue weighted by atomic mass is 32.2. The molecule has 26 heavy (non-hydrogen) atoms. The molecule has 11 heteroatoms. The zero-order chi connectivity index (χ0) is 19.6. The Balaban J connectivity index is 2.39. The van der Waals surface area contributed by atoms with Crippen LogP contribution in [0.5, 0.6) is 0 Å². The summed E-state index contributed by atoms with van der Waals surface area (Å²) in [6.07, 6.45) is -5.97. The number of thioether (sulfide) groups is 1. The molecular formula is C15H15F5N2O2S2. The molecule has 1 saturated heterocycles. The van der Waals surface area contributed by atoms with Crippen molar-refractivity contribution in [3.63, 3.8) is 0 Å². The Kier molecular flexibility index (Phi) is 6.43. The number of carbonyl (C=O) groups is 1. The van der Waals surface area contributed by atoms with E-state index >= 15 is 0 Å². The third-order valence-electron chi connectivity index (χ3n) is 3.29. The van der Waals surface area contributed by atoms with Gasteiger partial charge in [0.05, 0.1) is 23.1 Å². The average molecular weight is 414 g/mol. The fourth-order valence-electron chi connectivity index (χ4n) is 2.22. The second kappa shape index (κ2) is 8.03. The van der Waals surface area contributed by atoms with Gasteiger partial charge in [-0.15, -0.1) is 0 Å². The van der Waals surface area contributed by atoms with Crippen molar-refractivity contribution in [3.8, 4) is 0 Å². The normalized spacial score (nSPS) is 19.3. The van der Waals surface area contributed by atoms with Crippen LogP contribution in [0.25, 0.3) is 0 Å². The van der Waals surface area contributed by atoms with E-state index in [1.54, 1.807) is 0 Å². The summed E-state index contributed by atoms with van der Waals surface area (Å²) < 4.78 is 76.7. The molecule has 0 bridgehead atoms. The van der Waals surface area contributed by atoms with Crippen molar-refractivity contribution < 1.29 is 31.0 Å². The second-order valence-corrected chi connectivity index (χ2v) is 8.00. The number of amides is 1. The monoisotopic (exact) mass is 414 g/mol. The summed E-state index contributed by atoms with van der Waals surface area (Å²) in [4.78, 5) is 16.6. The van der Waals surface area contributed by atoms with Crippen LogP contribution in [0.3, 0.4) is 0 Å². The van der Waals surface area contributed by atoms with Crippen LogP contribution < -0.4 is 0 Å². The smallest absolute Gasteiger partial charge is 0.288 e. The fraction of sp³-hybridized carbons (Fsp3) is 0.467. The van der Waals surface area contributed by atoms with Gasteiger partial charge in [0.25, 0.3) is 0 Å². The minimum atomic E-state index is -4.64. The molecule has 1 amide bonds. The van der Waals surface area contributed by atoms with E-state index in [2.05, 4.69) is 4.99 Å². The number of carbonyl (C=O) groups excluding carboxylic acids is 1. The fourth-order valence-corrected chi connectivity index (χ4v) is 4.23. The van der Waals surface area contributed by atoms with Crippen LogP contribution in [0.15, 0.2) is 22.0 Å². The van der Waals surface area contributed by atoms with Crippen LogP contribution in [-0.4, -0.2) is 50.6 Å². The molecule has 4 nitrogen and oxygen atoms in total. The third-order valence-corrected chi connectivity index (χ3v) is 5.77. The quantitative estimate of drug-likeness (QED) is 0.690. The summed E-state index contributed by atoms with van der Waals surface area (Å²) in [5.41, 5.74) is -0.256. The maximum absolute atomic E-state index is 14.2. The van der Waals surface area contributed by atoms with E-state index < -0.39 is 40.6 Å². The van der Waals surface area contributed by atoms with Gasteiger partial charge in [-0.25, -0.2) is 13.8 Å². The Morgan fingerprint density at radius 3 is 2.62 bits per heavy atom. The largest absolute Gasteiger partial charge is 0.400 e. The molecule has 0 radical (unpaired) electrons. The van der Waals surface area contributed by atoms with Gasteiger partial charge in [0.2, 0.25) is 5.91 Å². The maximum Gasteiger partial charge on any atom is 0.400 e. The number of aryl methyl sites for hydroxylation is 1. The molecule has 0 saturated carbocycles. The van der Waals surface area contributed by atoms with Crippen molar-refractivity contribution >= 4 is 39.3 Å². The van der Waals surface area contributed by atoms with E-state index in [1.807, 2.05) is 0 Å². The molecule has 1 fully saturated rings. The van der Waals surface area contributed by atoms with E-state index in [1.165, 1.54) is 13.8 Å². The van der Waals surface area contributed by atoms with Crippen LogP contribution in [0.4, 0.5) is 27.6 Å². The number of benzene rings is 1. The van der Waals surface area contributed by atoms with Gasteiger partial charge in [0.1, 0.15) is 23.4 Å². The molecule has 144 valence electrons. The molecular weight excluding hydrogens is 399 g/mol. The zero-order valence-corrected chi connectivity index (χ0v) is 15.4. The summed E-state index contributed by atoms with van der Waals surface area (Å²) in [5, 5.41) is 0.0507. The van der Waals surface area contributed by atoms with E-state index in [0.29, 0.717) is 0 Å². The van der Waals surface area contributed by atoms with E-state index in [4.69, 9.17) is 0 Å². The predicted octanol–water partition coefficient (Wildman–Crippen LogP) is 3.72. The number of amidine groups is 1. The van der Waals surface area contributed by atoms with Crippen LogP contribution in [0.2, 0.25) is 0 Å². The number of halogens is 5. The molecule has 0 N–H and O–H groups in total. The molecule has 1 aliphatic rings. The van der Waals surface area contributed by atoms with Crippen LogP contribution in [-0.2, 0) is 15.6 Å². The maximum atomic E-state index is 14.2. The summed E-state index contributed by atoms with van der Waals surface area (Å²) in [5.74, 6) is -2.79. The lowest BCUT2D eigenvalue weighted by Crippen LogP contribution is -2.34. The Morgan fingerprint density at radius 2 is 2.04 bits per heavy atom. The zero-order valence-electron chi connectivity index (χ0n) is 13.8. The van der Waals surface area contributed by atoms with Gasteiger partial charge in [-0.1, -0.05) is 11.8 Å². The van der Waals surface area contributed by atoms with Gasteiger partial charge in [-0.3, -0.25) is 13.9 Å². The minimum Gasteiger partial charge on any atom is -0.288 e. The van der Waals surface area contributed by atoms with Crippen molar-refractivity contribution in [3.05, 3.63) is 23.5 Å². The number of nitrogens with zero attached hydrogens (tertiary/aromatic N) is 2. The van der Waals surface area contributed by atoms with E-state index in [0.717, 1.165) is 28.8 Å². The Morgan fingerprint density at radius 1 is 1.38 bits per heavy atom. The number of hydrogen-bond acceptors (Lipinski definition) is 4. The first-order valence-corrected chi connectivity index (χ1v) is 9.69. The van der Waals surface area contributed by atoms with E-state index in [-0.39, 0.29) is 33.6 Å². The van der Waals surface area contributed by atoms with Gasteiger partial charge >= 0.3 is 6.18 Å². The van der Waals surface area contributed by atoms with Crippen molar-refractivity contribution in [2.75, 3.05) is 18.1 Å². The summed E-state index contributed by atoms with van der Waals surface area (Å²) in [6.45, 7) is 2.33. The minimum absolute atomic E-state index is 0.00585. The van der Waals surface area contributed by atoms with Crippen molar-refractivity contribution in [1.82, 2.24) is 4.90 Å². The number of aliphatic imine (C=N–C) groups is 1. The lowest BCUT2D eigenvalue weighted by molar-refractivity contribution is -0.124. The summed E-state index contributed by atoms with van der Waals surface area (Å²) in [7, 11) is -2.42. The van der Waals surface area contributed by atoms with Crippen molar-refractivity contribution in [2.45, 2.75) is 31.1 Å². The number of alkyl halides is 4. The van der Waals surface area contributed by atoms with Gasteiger partial charge in [0.15, 0.2) is 5.17 Å². The lowest BCUT2D eigenvalue weighted by atomic mass is 10.2. The molecule has 1 aliphatic heterocycles. The topological polar surface area (TPSA) is 49.7 Å². The standard InChI is InChI=1S/C15H15F5N2O2S2/c1-8-3-10(17)11(4-12(8)26(24)7-15(18,19)20)21-14-22(5-9(2)16)13(23)6-25-14/h3-4,9H,5-7H2,1-2H3. The average Bonchev–Trinajstić information content (AvgIpc) is 2.80. The van der Waals surface area contributed by atoms with Gasteiger partial charge in [-0.2, -0.15) is 13.2 Å². The first-order valence-electron chi connectivity index (χ1n) is 7.39. The highest BCUT2D eigenvalue weighted by molar-refractivity contribution is 8.15. The molecule has 2 rings (SSSR count). The molecule has 1 aromatic rings. The van der Waals surface area contributed by atoms with Crippen molar-refractivity contribution in [2.24, 2.45) is 4.99 Å². The molecule has 2 unspecified atom stereocenters. The lowest BCUT2D eigenvalue weighted by Gasteiger charge is -2.17. The summed E-state index contributed by atoms with van der Waals surface area (Å²) >= 11 is 0.970. The van der Waals surface area contributed by atoms with Gasteiger partial charge < -0.3 is 0 Å². The molecule has 0 aromatic heterocycles. The highest BCUT2D eigenvalue weighted by Crippen LogP contribution is 2.30. The van der Waals surface area contributed by atoms with E-state index in [9.17, 15) is 31.0 Å².